The Hall–Kier alpha value is -2.70. The highest BCUT2D eigenvalue weighted by atomic mass is 35.5. The molecule has 0 radical (unpaired) electrons. The third-order valence-electron chi connectivity index (χ3n) is 5.41. The van der Waals surface area contributed by atoms with Crippen LogP contribution in [-0.4, -0.2) is 27.5 Å². The Morgan fingerprint density at radius 1 is 1.17 bits per heavy atom. The van der Waals surface area contributed by atoms with Crippen LogP contribution in [0.15, 0.2) is 53.6 Å². The normalized spacial score (nSPS) is 13.7. The summed E-state index contributed by atoms with van der Waals surface area (Å²) in [7, 11) is 2.13. The number of hydrogen-bond acceptors (Lipinski definition) is 5. The molecule has 2 aromatic carbocycles. The fraction of sp³-hybridized carbons (Fsp3) is 0.227. The molecule has 1 aliphatic rings. The molecule has 3 heterocycles. The Morgan fingerprint density at radius 2 is 2.00 bits per heavy atom. The summed E-state index contributed by atoms with van der Waals surface area (Å²) in [4.78, 5) is 19.9. The lowest BCUT2D eigenvalue weighted by atomic mass is 9.99. The highest BCUT2D eigenvalue weighted by Gasteiger charge is 2.16. The summed E-state index contributed by atoms with van der Waals surface area (Å²) in [5.74, 6) is 0. The zero-order chi connectivity index (χ0) is 20.0. The standard InChI is InChI=1S/C22H19ClN4OS/c1-26-10-2-3-16-11-14(4-9-18(16)26)12-27-13-24-20-19(25-29-21(20)22(27)28)15-5-7-17(23)8-6-15/h4-9,11,13H,2-3,10,12H2,1H3. The first kappa shape index (κ1) is 18.3. The van der Waals surface area contributed by atoms with Crippen molar-refractivity contribution in [2.24, 2.45) is 0 Å². The van der Waals surface area contributed by atoms with E-state index in [1.54, 1.807) is 10.9 Å². The molecule has 0 N–H and O–H groups in total. The Kier molecular flexibility index (Phi) is 4.60. The predicted molar refractivity (Wildman–Crippen MR) is 119 cm³/mol. The Balaban J connectivity index is 1.50. The Morgan fingerprint density at radius 3 is 2.83 bits per heavy atom. The molecule has 7 heteroatoms. The van der Waals surface area contributed by atoms with Gasteiger partial charge in [-0.1, -0.05) is 35.9 Å². The minimum absolute atomic E-state index is 0.0532. The molecule has 0 unspecified atom stereocenters. The molecule has 1 aliphatic heterocycles. The van der Waals surface area contributed by atoms with Crippen molar-refractivity contribution in [3.05, 3.63) is 75.3 Å². The number of anilines is 1. The average molecular weight is 423 g/mol. The maximum atomic E-state index is 13.0. The highest BCUT2D eigenvalue weighted by Crippen LogP contribution is 2.29. The zero-order valence-electron chi connectivity index (χ0n) is 15.9. The maximum absolute atomic E-state index is 13.0. The maximum Gasteiger partial charge on any atom is 0.273 e. The summed E-state index contributed by atoms with van der Waals surface area (Å²) in [6, 6.07) is 13.9. The molecule has 0 bridgehead atoms. The number of aromatic nitrogens is 3. The van der Waals surface area contributed by atoms with Gasteiger partial charge in [0.15, 0.2) is 0 Å². The molecule has 0 saturated heterocycles. The summed E-state index contributed by atoms with van der Waals surface area (Å²) in [6.07, 6.45) is 3.87. The average Bonchev–Trinajstić information content (AvgIpc) is 3.16. The lowest BCUT2D eigenvalue weighted by Crippen LogP contribution is -2.25. The van der Waals surface area contributed by atoms with Gasteiger partial charge in [-0.25, -0.2) is 4.98 Å². The summed E-state index contributed by atoms with van der Waals surface area (Å²) in [5, 5.41) is 0.667. The van der Waals surface area contributed by atoms with Crippen LogP contribution in [0.2, 0.25) is 5.02 Å². The first-order valence-electron chi connectivity index (χ1n) is 9.54. The van der Waals surface area contributed by atoms with Crippen molar-refractivity contribution >= 4 is 39.0 Å². The molecule has 0 amide bonds. The van der Waals surface area contributed by atoms with Crippen LogP contribution in [-0.2, 0) is 13.0 Å². The predicted octanol–water partition coefficient (Wildman–Crippen LogP) is 4.60. The van der Waals surface area contributed by atoms with E-state index < -0.39 is 0 Å². The van der Waals surface area contributed by atoms with E-state index >= 15 is 0 Å². The van der Waals surface area contributed by atoms with Crippen LogP contribution in [0.1, 0.15) is 17.5 Å². The van der Waals surface area contributed by atoms with Crippen molar-refractivity contribution < 1.29 is 0 Å². The van der Waals surface area contributed by atoms with Crippen molar-refractivity contribution in [3.8, 4) is 11.3 Å². The minimum Gasteiger partial charge on any atom is -0.374 e. The number of halogens is 1. The number of aryl methyl sites for hydroxylation is 1. The molecule has 146 valence electrons. The minimum atomic E-state index is -0.0532. The van der Waals surface area contributed by atoms with Crippen molar-refractivity contribution in [2.45, 2.75) is 19.4 Å². The fourth-order valence-corrected chi connectivity index (χ4v) is 4.83. The van der Waals surface area contributed by atoms with Gasteiger partial charge in [-0.3, -0.25) is 9.36 Å². The first-order valence-corrected chi connectivity index (χ1v) is 10.7. The van der Waals surface area contributed by atoms with Crippen LogP contribution in [0.3, 0.4) is 0 Å². The van der Waals surface area contributed by atoms with Crippen LogP contribution in [0, 0.1) is 0 Å². The van der Waals surface area contributed by atoms with Crippen LogP contribution in [0.25, 0.3) is 21.5 Å². The summed E-state index contributed by atoms with van der Waals surface area (Å²) in [6.45, 7) is 1.60. The third-order valence-corrected chi connectivity index (χ3v) is 6.49. The first-order chi connectivity index (χ1) is 14.1. The molecule has 0 saturated carbocycles. The molecule has 5 nitrogen and oxygen atoms in total. The molecule has 5 rings (SSSR count). The Bertz CT molecular complexity index is 1260. The van der Waals surface area contributed by atoms with Crippen molar-refractivity contribution in [1.29, 1.82) is 0 Å². The van der Waals surface area contributed by atoms with Gasteiger partial charge in [0.2, 0.25) is 0 Å². The van der Waals surface area contributed by atoms with E-state index in [0.717, 1.165) is 36.2 Å². The monoisotopic (exact) mass is 422 g/mol. The van der Waals surface area contributed by atoms with Crippen LogP contribution in [0.5, 0.6) is 0 Å². The molecule has 4 aromatic rings. The third kappa shape index (κ3) is 3.32. The quantitative estimate of drug-likeness (QED) is 0.484. The van der Waals surface area contributed by atoms with Crippen LogP contribution < -0.4 is 10.5 Å². The number of benzene rings is 2. The lowest BCUT2D eigenvalue weighted by molar-refractivity contribution is 0.728. The largest absolute Gasteiger partial charge is 0.374 e. The van der Waals surface area contributed by atoms with Gasteiger partial charge < -0.3 is 4.90 Å². The molecular formula is C22H19ClN4OS. The van der Waals surface area contributed by atoms with Gasteiger partial charge >= 0.3 is 0 Å². The van der Waals surface area contributed by atoms with E-state index in [-0.39, 0.29) is 5.56 Å². The van der Waals surface area contributed by atoms with Crippen molar-refractivity contribution in [2.75, 3.05) is 18.5 Å². The smallest absolute Gasteiger partial charge is 0.273 e. The molecule has 0 atom stereocenters. The van der Waals surface area contributed by atoms with E-state index in [1.165, 1.54) is 22.8 Å². The highest BCUT2D eigenvalue weighted by molar-refractivity contribution is 7.13. The summed E-state index contributed by atoms with van der Waals surface area (Å²) >= 11 is 7.18. The second-order valence-electron chi connectivity index (χ2n) is 7.38. The van der Waals surface area contributed by atoms with E-state index in [1.807, 2.05) is 24.3 Å². The molecular weight excluding hydrogens is 404 g/mol. The van der Waals surface area contributed by atoms with E-state index in [0.29, 0.717) is 21.8 Å². The molecule has 2 aromatic heterocycles. The van der Waals surface area contributed by atoms with E-state index in [4.69, 9.17) is 11.6 Å². The van der Waals surface area contributed by atoms with Gasteiger partial charge in [0.1, 0.15) is 15.9 Å². The second kappa shape index (κ2) is 7.28. The fourth-order valence-electron chi connectivity index (χ4n) is 3.90. The second-order valence-corrected chi connectivity index (χ2v) is 8.59. The van der Waals surface area contributed by atoms with E-state index in [2.05, 4.69) is 39.5 Å². The number of rotatable bonds is 3. The van der Waals surface area contributed by atoms with Gasteiger partial charge in [0.25, 0.3) is 5.56 Å². The SMILES string of the molecule is CN1CCCc2cc(Cn3cnc4c(-c5ccc(Cl)cc5)nsc4c3=O)ccc21. The summed E-state index contributed by atoms with van der Waals surface area (Å²) in [5.41, 5.74) is 5.97. The lowest BCUT2D eigenvalue weighted by Gasteiger charge is -2.27. The topological polar surface area (TPSA) is 51.0 Å². The Labute approximate surface area is 177 Å². The van der Waals surface area contributed by atoms with Gasteiger partial charge in [0, 0.05) is 29.9 Å². The molecule has 29 heavy (non-hydrogen) atoms. The molecule has 0 spiro atoms. The van der Waals surface area contributed by atoms with Gasteiger partial charge in [0.05, 0.1) is 12.9 Å². The van der Waals surface area contributed by atoms with Gasteiger partial charge in [-0.2, -0.15) is 4.37 Å². The van der Waals surface area contributed by atoms with Crippen molar-refractivity contribution in [3.63, 3.8) is 0 Å². The van der Waals surface area contributed by atoms with Crippen molar-refractivity contribution in [1.82, 2.24) is 13.9 Å². The van der Waals surface area contributed by atoms with Gasteiger partial charge in [-0.15, -0.1) is 0 Å². The van der Waals surface area contributed by atoms with E-state index in [9.17, 15) is 4.79 Å². The number of nitrogens with zero attached hydrogens (tertiary/aromatic N) is 4. The van der Waals surface area contributed by atoms with Gasteiger partial charge in [-0.05, 0) is 53.7 Å². The van der Waals surface area contributed by atoms with Crippen LogP contribution >= 0.6 is 23.1 Å². The number of fused-ring (bicyclic) bond motifs is 2. The molecule has 0 aliphatic carbocycles. The number of hydrogen-bond donors (Lipinski definition) is 0. The molecule has 0 fully saturated rings. The zero-order valence-corrected chi connectivity index (χ0v) is 17.5. The summed E-state index contributed by atoms with van der Waals surface area (Å²) < 4.78 is 6.73. The van der Waals surface area contributed by atoms with Crippen LogP contribution in [0.4, 0.5) is 5.69 Å².